The van der Waals surface area contributed by atoms with Crippen LogP contribution in [0.1, 0.15) is 71.1 Å². The Balaban J connectivity index is 0. The predicted octanol–water partition coefficient (Wildman–Crippen LogP) is 3.41. The molecule has 0 saturated heterocycles. The van der Waals surface area contributed by atoms with Crippen LogP contribution in [0, 0.1) is 0 Å². The Kier molecular flexibility index (Phi) is 19.6. The average Bonchev–Trinajstić information content (AvgIpc) is 2.25. The maximum atomic E-state index is 10.1. The van der Waals surface area contributed by atoms with E-state index in [9.17, 15) is 4.21 Å². The van der Waals surface area contributed by atoms with Crippen molar-refractivity contribution in [3.8, 4) is 0 Å². The van der Waals surface area contributed by atoms with Crippen LogP contribution in [0.15, 0.2) is 0 Å². The van der Waals surface area contributed by atoms with Crippen molar-refractivity contribution in [3.63, 3.8) is 0 Å². The molecule has 0 rings (SSSR count). The average molecular weight is 258 g/mol. The Morgan fingerprint density at radius 2 is 1.29 bits per heavy atom. The van der Waals surface area contributed by atoms with Crippen LogP contribution in [-0.2, 0) is 15.5 Å². The molecular weight excluding hydrogens is 231 g/mol. The van der Waals surface area contributed by atoms with Crippen molar-refractivity contribution < 1.29 is 12.9 Å². The molecule has 0 aliphatic carbocycles. The SMILES string of the molecule is CCCCCCCCCCCCOS(=O)O.[LiH]. The summed E-state index contributed by atoms with van der Waals surface area (Å²) in [4.78, 5) is 0. The van der Waals surface area contributed by atoms with Crippen molar-refractivity contribution in [1.29, 1.82) is 0 Å². The van der Waals surface area contributed by atoms with Gasteiger partial charge in [0.1, 0.15) is 0 Å². The minimum atomic E-state index is -2.08. The molecule has 0 aliphatic rings. The molecule has 0 aromatic carbocycles. The van der Waals surface area contributed by atoms with Crippen LogP contribution in [-0.4, -0.2) is 34.2 Å². The monoisotopic (exact) mass is 258 g/mol. The molecule has 1 atom stereocenters. The molecule has 0 radical (unpaired) electrons. The fraction of sp³-hybridized carbons (Fsp3) is 1.00. The van der Waals surface area contributed by atoms with Crippen LogP contribution in [0.4, 0.5) is 0 Å². The van der Waals surface area contributed by atoms with Gasteiger partial charge in [-0.3, -0.25) is 8.74 Å². The van der Waals surface area contributed by atoms with Gasteiger partial charge in [-0.25, -0.2) is 0 Å². The first-order valence-corrected chi connectivity index (χ1v) is 7.54. The molecule has 17 heavy (non-hydrogen) atoms. The molecule has 0 aliphatic heterocycles. The van der Waals surface area contributed by atoms with Gasteiger partial charge in [-0.15, -0.1) is 0 Å². The fourth-order valence-corrected chi connectivity index (χ4v) is 1.98. The predicted molar refractivity (Wildman–Crippen MR) is 75.7 cm³/mol. The summed E-state index contributed by atoms with van der Waals surface area (Å²) in [7, 11) is 0. The molecule has 0 amide bonds. The molecular formula is C12H27LiO3S. The Morgan fingerprint density at radius 1 is 0.882 bits per heavy atom. The number of rotatable bonds is 12. The minimum absolute atomic E-state index is 0. The quantitative estimate of drug-likeness (QED) is 0.331. The second-order valence-electron chi connectivity index (χ2n) is 4.22. The van der Waals surface area contributed by atoms with E-state index in [0.29, 0.717) is 6.61 Å². The zero-order valence-corrected chi connectivity index (χ0v) is 11.3. The summed E-state index contributed by atoms with van der Waals surface area (Å²) in [5.74, 6) is 0. The van der Waals surface area contributed by atoms with Gasteiger partial charge in [0.05, 0.1) is 6.61 Å². The third kappa shape index (κ3) is 19.2. The van der Waals surface area contributed by atoms with E-state index in [1.807, 2.05) is 0 Å². The molecule has 0 fully saturated rings. The molecule has 0 aromatic heterocycles. The summed E-state index contributed by atoms with van der Waals surface area (Å²) in [6.07, 6.45) is 12.6. The zero-order chi connectivity index (χ0) is 12.1. The Morgan fingerprint density at radius 3 is 1.71 bits per heavy atom. The molecule has 0 heterocycles. The summed E-state index contributed by atoms with van der Waals surface area (Å²) < 4.78 is 23.0. The zero-order valence-electron chi connectivity index (χ0n) is 10.5. The summed E-state index contributed by atoms with van der Waals surface area (Å²) in [6.45, 7) is 2.64. The van der Waals surface area contributed by atoms with Gasteiger partial charge in [-0.2, -0.15) is 4.21 Å². The first-order valence-electron chi connectivity index (χ1n) is 6.51. The van der Waals surface area contributed by atoms with Crippen LogP contribution < -0.4 is 0 Å². The molecule has 0 aromatic rings. The van der Waals surface area contributed by atoms with Crippen molar-refractivity contribution >= 4 is 30.2 Å². The van der Waals surface area contributed by atoms with E-state index in [2.05, 4.69) is 11.1 Å². The summed E-state index contributed by atoms with van der Waals surface area (Å²) >= 11 is -2.08. The Hall–Kier alpha value is 0.667. The van der Waals surface area contributed by atoms with E-state index < -0.39 is 11.4 Å². The van der Waals surface area contributed by atoms with Crippen LogP contribution in [0.25, 0.3) is 0 Å². The fourth-order valence-electron chi connectivity index (χ4n) is 1.72. The third-order valence-electron chi connectivity index (χ3n) is 2.68. The molecule has 3 nitrogen and oxygen atoms in total. The van der Waals surface area contributed by atoms with Gasteiger partial charge in [0, 0.05) is 0 Å². The van der Waals surface area contributed by atoms with E-state index in [1.54, 1.807) is 0 Å². The van der Waals surface area contributed by atoms with Gasteiger partial charge in [0.15, 0.2) is 0 Å². The van der Waals surface area contributed by atoms with Crippen molar-refractivity contribution in [2.75, 3.05) is 6.61 Å². The molecule has 1 N–H and O–H groups in total. The summed E-state index contributed by atoms with van der Waals surface area (Å²) in [5.41, 5.74) is 0. The van der Waals surface area contributed by atoms with Gasteiger partial charge in [-0.1, -0.05) is 64.7 Å². The van der Waals surface area contributed by atoms with Crippen molar-refractivity contribution in [3.05, 3.63) is 0 Å². The van der Waals surface area contributed by atoms with Crippen LogP contribution in [0.2, 0.25) is 0 Å². The van der Waals surface area contributed by atoms with Gasteiger partial charge < -0.3 is 0 Å². The Bertz CT molecular complexity index is 168. The third-order valence-corrected chi connectivity index (χ3v) is 3.05. The van der Waals surface area contributed by atoms with Gasteiger partial charge in [0.25, 0.3) is 0 Å². The van der Waals surface area contributed by atoms with Crippen LogP contribution >= 0.6 is 0 Å². The standard InChI is InChI=1S/C12H26O3S.Li.H/c1-2-3-4-5-6-7-8-9-10-11-12-15-16(13)14;;/h2-12H2,1H3,(H,13,14);;. The molecule has 5 heteroatoms. The van der Waals surface area contributed by atoms with Crippen molar-refractivity contribution in [2.24, 2.45) is 0 Å². The van der Waals surface area contributed by atoms with Crippen LogP contribution in [0.5, 0.6) is 0 Å². The first-order chi connectivity index (χ1) is 7.77. The topological polar surface area (TPSA) is 46.5 Å². The number of unbranched alkanes of at least 4 members (excludes halogenated alkanes) is 9. The second-order valence-corrected chi connectivity index (χ2v) is 4.89. The Labute approximate surface area is 121 Å². The summed E-state index contributed by atoms with van der Waals surface area (Å²) in [5, 5.41) is 0. The van der Waals surface area contributed by atoms with Crippen LogP contribution in [0.3, 0.4) is 0 Å². The normalized spacial score (nSPS) is 12.1. The van der Waals surface area contributed by atoms with Crippen molar-refractivity contribution in [1.82, 2.24) is 0 Å². The van der Waals surface area contributed by atoms with Gasteiger partial charge in [0.2, 0.25) is 0 Å². The van der Waals surface area contributed by atoms with Crippen molar-refractivity contribution in [2.45, 2.75) is 71.1 Å². The molecule has 0 spiro atoms. The molecule has 100 valence electrons. The molecule has 0 bridgehead atoms. The maximum absolute atomic E-state index is 10.1. The van der Waals surface area contributed by atoms with E-state index in [0.717, 1.165) is 12.8 Å². The number of hydrogen-bond donors (Lipinski definition) is 1. The van der Waals surface area contributed by atoms with Gasteiger partial charge in [-0.05, 0) is 6.42 Å². The molecule has 1 unspecified atom stereocenters. The second kappa shape index (κ2) is 16.7. The number of hydrogen-bond acceptors (Lipinski definition) is 2. The van der Waals surface area contributed by atoms with E-state index in [4.69, 9.17) is 4.55 Å². The van der Waals surface area contributed by atoms with E-state index in [1.165, 1.54) is 51.4 Å². The first kappa shape index (κ1) is 20.0. The summed E-state index contributed by atoms with van der Waals surface area (Å²) in [6, 6.07) is 0. The van der Waals surface area contributed by atoms with E-state index >= 15 is 0 Å². The van der Waals surface area contributed by atoms with Gasteiger partial charge >= 0.3 is 30.2 Å². The molecule has 0 saturated carbocycles. The van der Waals surface area contributed by atoms with E-state index in [-0.39, 0.29) is 18.9 Å².